The van der Waals surface area contributed by atoms with Gasteiger partial charge in [-0.05, 0) is 64.7 Å². The molecule has 0 fully saturated rings. The van der Waals surface area contributed by atoms with Gasteiger partial charge in [0.2, 0.25) is 0 Å². The standard InChI is InChI=1S/C46H96N2O2/c1-4-7-9-11-13-15-17-19-21-23-25-27-31-35-43-49-45-46(38-33-29-30-34-40-48-42-37-41-47-39-6-3)50-44-36-32-28-26-24-22-20-18-16-14-12-10-8-5-2/h46-48H,4-45H2,1-3H3. The Labute approximate surface area is 316 Å². The highest BCUT2D eigenvalue weighted by atomic mass is 16.5. The molecule has 302 valence electrons. The SMILES string of the molecule is CCCCCCCCCCCCCCCCOCC(CCCCCCNCCCNCCC)OCCCCCCCCCCCCCCCC. The summed E-state index contributed by atoms with van der Waals surface area (Å²) < 4.78 is 12.6. The van der Waals surface area contributed by atoms with E-state index in [1.807, 2.05) is 0 Å². The van der Waals surface area contributed by atoms with Gasteiger partial charge in [0.05, 0.1) is 12.7 Å². The lowest BCUT2D eigenvalue weighted by Crippen LogP contribution is -2.23. The third kappa shape index (κ3) is 44.0. The molecule has 50 heavy (non-hydrogen) atoms. The molecule has 4 heteroatoms. The molecule has 0 rings (SSSR count). The van der Waals surface area contributed by atoms with Gasteiger partial charge in [-0.25, -0.2) is 0 Å². The molecule has 0 aliphatic heterocycles. The van der Waals surface area contributed by atoms with Crippen molar-refractivity contribution < 1.29 is 9.47 Å². The molecule has 0 heterocycles. The van der Waals surface area contributed by atoms with E-state index in [0.29, 0.717) is 0 Å². The van der Waals surface area contributed by atoms with Crippen molar-refractivity contribution in [1.29, 1.82) is 0 Å². The second-order valence-corrected chi connectivity index (χ2v) is 15.8. The third-order valence-corrected chi connectivity index (χ3v) is 10.6. The van der Waals surface area contributed by atoms with Crippen molar-refractivity contribution >= 4 is 0 Å². The zero-order valence-corrected chi connectivity index (χ0v) is 35.1. The Bertz CT molecular complexity index is 574. The van der Waals surface area contributed by atoms with E-state index in [1.54, 1.807) is 0 Å². The summed E-state index contributed by atoms with van der Waals surface area (Å²) in [7, 11) is 0. The van der Waals surface area contributed by atoms with Crippen LogP contribution < -0.4 is 10.6 Å². The Balaban J connectivity index is 3.91. The van der Waals surface area contributed by atoms with E-state index in [4.69, 9.17) is 9.47 Å². The summed E-state index contributed by atoms with van der Waals surface area (Å²) in [6, 6.07) is 0. The molecule has 0 saturated carbocycles. The van der Waals surface area contributed by atoms with Crippen LogP contribution in [0.15, 0.2) is 0 Å². The molecular weight excluding hydrogens is 613 g/mol. The smallest absolute Gasteiger partial charge is 0.0808 e. The van der Waals surface area contributed by atoms with Crippen LogP contribution in [0.25, 0.3) is 0 Å². The van der Waals surface area contributed by atoms with Crippen LogP contribution in [0.5, 0.6) is 0 Å². The van der Waals surface area contributed by atoms with E-state index in [2.05, 4.69) is 31.4 Å². The molecule has 1 atom stereocenters. The van der Waals surface area contributed by atoms with Crippen LogP contribution >= 0.6 is 0 Å². The molecule has 1 unspecified atom stereocenters. The maximum absolute atomic E-state index is 6.43. The normalized spacial score (nSPS) is 12.3. The fraction of sp³-hybridized carbons (Fsp3) is 1.00. The predicted molar refractivity (Wildman–Crippen MR) is 225 cm³/mol. The van der Waals surface area contributed by atoms with E-state index in [1.165, 1.54) is 218 Å². The molecule has 0 aromatic heterocycles. The molecule has 0 radical (unpaired) electrons. The number of rotatable bonds is 46. The highest BCUT2D eigenvalue weighted by molar-refractivity contribution is 4.60. The van der Waals surface area contributed by atoms with Crippen molar-refractivity contribution in [3.05, 3.63) is 0 Å². The largest absolute Gasteiger partial charge is 0.379 e. The summed E-state index contributed by atoms with van der Waals surface area (Å²) in [5.74, 6) is 0. The second kappa shape index (κ2) is 46.9. The van der Waals surface area contributed by atoms with Gasteiger partial charge in [-0.1, -0.05) is 207 Å². The fourth-order valence-electron chi connectivity index (χ4n) is 7.12. The highest BCUT2D eigenvalue weighted by Gasteiger charge is 2.10. The molecule has 0 aromatic rings. The maximum Gasteiger partial charge on any atom is 0.0808 e. The quantitative estimate of drug-likeness (QED) is 0.0618. The van der Waals surface area contributed by atoms with Crippen molar-refractivity contribution in [2.75, 3.05) is 46.0 Å². The Morgan fingerprint density at radius 2 is 0.680 bits per heavy atom. The lowest BCUT2D eigenvalue weighted by Gasteiger charge is -2.18. The first-order valence-corrected chi connectivity index (χ1v) is 23.5. The van der Waals surface area contributed by atoms with Crippen molar-refractivity contribution in [2.24, 2.45) is 0 Å². The van der Waals surface area contributed by atoms with Gasteiger partial charge >= 0.3 is 0 Å². The summed E-state index contributed by atoms with van der Waals surface area (Å²) in [6.45, 7) is 14.1. The van der Waals surface area contributed by atoms with Gasteiger partial charge in [0.25, 0.3) is 0 Å². The second-order valence-electron chi connectivity index (χ2n) is 15.8. The third-order valence-electron chi connectivity index (χ3n) is 10.6. The average Bonchev–Trinajstić information content (AvgIpc) is 3.13. The number of unbranched alkanes of at least 4 members (excludes halogenated alkanes) is 29. The minimum absolute atomic E-state index is 0.289. The molecule has 0 aliphatic rings. The molecule has 0 aromatic carbocycles. The van der Waals surface area contributed by atoms with Crippen LogP contribution in [0.2, 0.25) is 0 Å². The molecule has 0 aliphatic carbocycles. The Kier molecular flexibility index (Phi) is 46.7. The molecular formula is C46H96N2O2. The fourth-order valence-corrected chi connectivity index (χ4v) is 7.12. The monoisotopic (exact) mass is 709 g/mol. The molecule has 0 amide bonds. The lowest BCUT2D eigenvalue weighted by molar-refractivity contribution is -0.0235. The van der Waals surface area contributed by atoms with Gasteiger partial charge in [-0.15, -0.1) is 0 Å². The van der Waals surface area contributed by atoms with Gasteiger partial charge in [0, 0.05) is 13.2 Å². The van der Waals surface area contributed by atoms with Gasteiger partial charge in [-0.2, -0.15) is 0 Å². The minimum Gasteiger partial charge on any atom is -0.379 e. The number of hydrogen-bond acceptors (Lipinski definition) is 4. The topological polar surface area (TPSA) is 42.5 Å². The molecule has 4 nitrogen and oxygen atoms in total. The lowest BCUT2D eigenvalue weighted by atomic mass is 10.0. The van der Waals surface area contributed by atoms with Crippen molar-refractivity contribution in [3.8, 4) is 0 Å². The summed E-state index contributed by atoms with van der Waals surface area (Å²) in [6.07, 6.45) is 48.5. The highest BCUT2D eigenvalue weighted by Crippen LogP contribution is 2.16. The van der Waals surface area contributed by atoms with Crippen LogP contribution in [0.3, 0.4) is 0 Å². The Hall–Kier alpha value is -0.160. The molecule has 2 N–H and O–H groups in total. The van der Waals surface area contributed by atoms with Crippen LogP contribution in [-0.2, 0) is 9.47 Å². The number of nitrogens with one attached hydrogen (secondary N) is 2. The molecule has 0 saturated heterocycles. The predicted octanol–water partition coefficient (Wildman–Crippen LogP) is 14.3. The number of ether oxygens (including phenoxy) is 2. The van der Waals surface area contributed by atoms with E-state index < -0.39 is 0 Å². The van der Waals surface area contributed by atoms with Crippen LogP contribution in [0.4, 0.5) is 0 Å². The maximum atomic E-state index is 6.43. The summed E-state index contributed by atoms with van der Waals surface area (Å²) in [5.41, 5.74) is 0. The zero-order valence-electron chi connectivity index (χ0n) is 35.1. The van der Waals surface area contributed by atoms with E-state index in [-0.39, 0.29) is 6.10 Å². The van der Waals surface area contributed by atoms with Crippen molar-refractivity contribution in [1.82, 2.24) is 10.6 Å². The van der Waals surface area contributed by atoms with Crippen molar-refractivity contribution in [3.63, 3.8) is 0 Å². The van der Waals surface area contributed by atoms with Gasteiger partial charge in [0.1, 0.15) is 0 Å². The number of hydrogen-bond donors (Lipinski definition) is 2. The van der Waals surface area contributed by atoms with Gasteiger partial charge in [-0.3, -0.25) is 0 Å². The van der Waals surface area contributed by atoms with Gasteiger partial charge in [0.15, 0.2) is 0 Å². The Morgan fingerprint density at radius 1 is 0.320 bits per heavy atom. The van der Waals surface area contributed by atoms with Crippen LogP contribution in [0.1, 0.15) is 245 Å². The minimum atomic E-state index is 0.289. The first kappa shape index (κ1) is 49.8. The van der Waals surface area contributed by atoms with Crippen LogP contribution in [-0.4, -0.2) is 52.1 Å². The summed E-state index contributed by atoms with van der Waals surface area (Å²) >= 11 is 0. The molecule has 0 spiro atoms. The van der Waals surface area contributed by atoms with Gasteiger partial charge < -0.3 is 20.1 Å². The Morgan fingerprint density at radius 3 is 1.14 bits per heavy atom. The summed E-state index contributed by atoms with van der Waals surface area (Å²) in [4.78, 5) is 0. The van der Waals surface area contributed by atoms with Crippen molar-refractivity contribution in [2.45, 2.75) is 252 Å². The zero-order chi connectivity index (χ0) is 36.1. The average molecular weight is 709 g/mol. The van der Waals surface area contributed by atoms with E-state index in [0.717, 1.165) is 52.4 Å². The first-order chi connectivity index (χ1) is 24.8. The van der Waals surface area contributed by atoms with E-state index in [9.17, 15) is 0 Å². The van der Waals surface area contributed by atoms with Crippen LogP contribution in [0, 0.1) is 0 Å². The first-order valence-electron chi connectivity index (χ1n) is 23.5. The molecule has 0 bridgehead atoms. The van der Waals surface area contributed by atoms with E-state index >= 15 is 0 Å². The summed E-state index contributed by atoms with van der Waals surface area (Å²) in [5, 5.41) is 7.11.